The number of hydrogen-bond donors (Lipinski definition) is 0. The van der Waals surface area contributed by atoms with Crippen LogP contribution in [0.4, 0.5) is 0 Å². The van der Waals surface area contributed by atoms with E-state index in [0.717, 1.165) is 11.8 Å². The third kappa shape index (κ3) is 2.71. The maximum atomic E-state index is 12.2. The fourth-order valence-electron chi connectivity index (χ4n) is 2.12. The number of carbonyl (C=O) groups is 1. The van der Waals surface area contributed by atoms with Gasteiger partial charge in [0.1, 0.15) is 0 Å². The molecule has 0 bridgehead atoms. The Labute approximate surface area is 111 Å². The summed E-state index contributed by atoms with van der Waals surface area (Å²) in [7, 11) is 1.90. The molecule has 0 N–H and O–H groups in total. The molecule has 2 nitrogen and oxygen atoms in total. The third-order valence-corrected chi connectivity index (χ3v) is 4.50. The number of halogens is 1. The van der Waals surface area contributed by atoms with Crippen molar-refractivity contribution in [3.8, 4) is 0 Å². The first-order chi connectivity index (χ1) is 8.15. The fourth-order valence-corrected chi connectivity index (χ4v) is 2.55. The van der Waals surface area contributed by atoms with Crippen molar-refractivity contribution in [1.29, 1.82) is 0 Å². The highest BCUT2D eigenvalue weighted by atomic mass is 79.9. The molecule has 0 aromatic heterocycles. The van der Waals surface area contributed by atoms with Crippen molar-refractivity contribution < 1.29 is 4.79 Å². The number of benzene rings is 1. The quantitative estimate of drug-likeness (QED) is 0.782. The van der Waals surface area contributed by atoms with Gasteiger partial charge < -0.3 is 4.90 Å². The maximum absolute atomic E-state index is 12.2. The second-order valence-electron chi connectivity index (χ2n) is 4.81. The number of nitrogens with zero attached hydrogens (tertiary/aromatic N) is 1. The van der Waals surface area contributed by atoms with Gasteiger partial charge in [0, 0.05) is 24.3 Å². The lowest BCUT2D eigenvalue weighted by atomic mass is 10.1. The summed E-state index contributed by atoms with van der Waals surface area (Å²) in [5.41, 5.74) is 1.30. The van der Waals surface area contributed by atoms with Crippen molar-refractivity contribution in [3.63, 3.8) is 0 Å². The second kappa shape index (κ2) is 5.21. The Kier molecular flexibility index (Phi) is 3.87. The van der Waals surface area contributed by atoms with Crippen LogP contribution in [0.15, 0.2) is 30.3 Å². The molecule has 1 amide bonds. The van der Waals surface area contributed by atoms with Crippen LogP contribution in [0.2, 0.25) is 0 Å². The lowest BCUT2D eigenvalue weighted by molar-refractivity contribution is -0.132. The van der Waals surface area contributed by atoms with Crippen LogP contribution >= 0.6 is 15.9 Å². The van der Waals surface area contributed by atoms with Gasteiger partial charge in [0.05, 0.1) is 0 Å². The molecule has 92 valence electrons. The Bertz CT molecular complexity index is 392. The second-order valence-corrected chi connectivity index (χ2v) is 5.46. The number of alkyl halides is 1. The molecule has 0 heterocycles. The molecule has 1 aliphatic rings. The van der Waals surface area contributed by atoms with E-state index < -0.39 is 0 Å². The predicted octanol–water partition coefficient (Wildman–Crippen LogP) is 3.03. The van der Waals surface area contributed by atoms with E-state index in [4.69, 9.17) is 0 Å². The van der Waals surface area contributed by atoms with Crippen LogP contribution in [0.25, 0.3) is 0 Å². The summed E-state index contributed by atoms with van der Waals surface area (Å²) in [4.78, 5) is 14.1. The average molecular weight is 296 g/mol. The molecule has 0 radical (unpaired) electrons. The monoisotopic (exact) mass is 295 g/mol. The molecule has 17 heavy (non-hydrogen) atoms. The van der Waals surface area contributed by atoms with E-state index in [1.54, 1.807) is 0 Å². The minimum absolute atomic E-state index is 0.198. The number of amides is 1. The molecular weight excluding hydrogens is 278 g/mol. The van der Waals surface area contributed by atoms with E-state index >= 15 is 0 Å². The Morgan fingerprint density at radius 3 is 2.71 bits per heavy atom. The summed E-state index contributed by atoms with van der Waals surface area (Å²) in [5, 5.41) is 0.831. The van der Waals surface area contributed by atoms with Gasteiger partial charge in [-0.2, -0.15) is 0 Å². The van der Waals surface area contributed by atoms with Crippen LogP contribution in [0.3, 0.4) is 0 Å². The first-order valence-corrected chi connectivity index (χ1v) is 7.15. The summed E-state index contributed by atoms with van der Waals surface area (Å²) in [6, 6.07) is 10.6. The van der Waals surface area contributed by atoms with Gasteiger partial charge in [-0.3, -0.25) is 4.79 Å². The van der Waals surface area contributed by atoms with Gasteiger partial charge in [0.2, 0.25) is 5.91 Å². The van der Waals surface area contributed by atoms with E-state index in [1.165, 1.54) is 5.56 Å². The van der Waals surface area contributed by atoms with Gasteiger partial charge in [-0.1, -0.05) is 46.3 Å². The van der Waals surface area contributed by atoms with Crippen molar-refractivity contribution >= 4 is 21.8 Å². The highest BCUT2D eigenvalue weighted by molar-refractivity contribution is 9.09. The zero-order chi connectivity index (χ0) is 12.4. The smallest absolute Gasteiger partial charge is 0.226 e. The van der Waals surface area contributed by atoms with E-state index in [0.29, 0.717) is 5.92 Å². The first kappa shape index (κ1) is 12.6. The molecule has 3 heteroatoms. The van der Waals surface area contributed by atoms with Crippen LogP contribution in [0, 0.1) is 5.92 Å². The summed E-state index contributed by atoms with van der Waals surface area (Å²) in [6.45, 7) is 2.06. The van der Waals surface area contributed by atoms with Crippen molar-refractivity contribution in [1.82, 2.24) is 4.90 Å². The van der Waals surface area contributed by atoms with Crippen LogP contribution < -0.4 is 0 Å². The third-order valence-electron chi connectivity index (χ3n) is 3.57. The predicted molar refractivity (Wildman–Crippen MR) is 73.3 cm³/mol. The van der Waals surface area contributed by atoms with Crippen molar-refractivity contribution in [2.24, 2.45) is 5.92 Å². The Morgan fingerprint density at radius 2 is 2.12 bits per heavy atom. The van der Waals surface area contributed by atoms with E-state index in [2.05, 4.69) is 35.0 Å². The topological polar surface area (TPSA) is 20.3 Å². The number of rotatable bonds is 4. The van der Waals surface area contributed by atoms with Crippen LogP contribution in [0.1, 0.15) is 24.8 Å². The van der Waals surface area contributed by atoms with Gasteiger partial charge in [0.15, 0.2) is 0 Å². The lowest BCUT2D eigenvalue weighted by Crippen LogP contribution is -2.37. The molecule has 1 fully saturated rings. The van der Waals surface area contributed by atoms with E-state index in [-0.39, 0.29) is 17.9 Å². The molecule has 1 aromatic carbocycles. The van der Waals surface area contributed by atoms with Gasteiger partial charge in [0.25, 0.3) is 0 Å². The normalized spacial score (nSPS) is 24.2. The Hall–Kier alpha value is -0.830. The first-order valence-electron chi connectivity index (χ1n) is 6.02. The summed E-state index contributed by atoms with van der Waals surface area (Å²) >= 11 is 3.42. The molecule has 1 aliphatic carbocycles. The molecule has 3 atom stereocenters. The Balaban J connectivity index is 1.97. The zero-order valence-corrected chi connectivity index (χ0v) is 11.9. The standard InChI is InChI=1S/C14H18BrNO/c1-10(9-15)16(2)14(17)13-8-12(13)11-6-4-3-5-7-11/h3-7,10,12-13H,8-9H2,1-2H3. The van der Waals surface area contributed by atoms with Gasteiger partial charge in [-0.25, -0.2) is 0 Å². The minimum atomic E-state index is 0.198. The molecule has 0 aliphatic heterocycles. The largest absolute Gasteiger partial charge is 0.342 e. The number of carbonyl (C=O) groups excluding carboxylic acids is 1. The summed E-state index contributed by atoms with van der Waals surface area (Å²) in [6.07, 6.45) is 1.00. The van der Waals surface area contributed by atoms with Crippen LogP contribution in [-0.2, 0) is 4.79 Å². The van der Waals surface area contributed by atoms with Crippen molar-refractivity contribution in [2.45, 2.75) is 25.3 Å². The highest BCUT2D eigenvalue weighted by Crippen LogP contribution is 2.48. The molecule has 1 aromatic rings. The molecule has 0 spiro atoms. The summed E-state index contributed by atoms with van der Waals surface area (Å²) in [5.74, 6) is 0.920. The van der Waals surface area contributed by atoms with Gasteiger partial charge in [-0.05, 0) is 24.8 Å². The number of hydrogen-bond acceptors (Lipinski definition) is 1. The molecule has 3 unspecified atom stereocenters. The van der Waals surface area contributed by atoms with Gasteiger partial charge >= 0.3 is 0 Å². The van der Waals surface area contributed by atoms with E-state index in [9.17, 15) is 4.79 Å². The lowest BCUT2D eigenvalue weighted by Gasteiger charge is -2.23. The molecule has 0 saturated heterocycles. The van der Waals surface area contributed by atoms with Gasteiger partial charge in [-0.15, -0.1) is 0 Å². The SMILES string of the molecule is CC(CBr)N(C)C(=O)C1CC1c1ccccc1. The molecule has 1 saturated carbocycles. The highest BCUT2D eigenvalue weighted by Gasteiger charge is 2.45. The van der Waals surface area contributed by atoms with E-state index in [1.807, 2.05) is 30.1 Å². The fraction of sp³-hybridized carbons (Fsp3) is 0.500. The maximum Gasteiger partial charge on any atom is 0.226 e. The summed E-state index contributed by atoms with van der Waals surface area (Å²) < 4.78 is 0. The molecular formula is C14H18BrNO. The minimum Gasteiger partial charge on any atom is -0.342 e. The average Bonchev–Trinajstić information content (AvgIpc) is 3.17. The zero-order valence-electron chi connectivity index (χ0n) is 10.3. The van der Waals surface area contributed by atoms with Crippen molar-refractivity contribution in [2.75, 3.05) is 12.4 Å². The van der Waals surface area contributed by atoms with Crippen LogP contribution in [0.5, 0.6) is 0 Å². The van der Waals surface area contributed by atoms with Crippen LogP contribution in [-0.4, -0.2) is 29.2 Å². The molecule has 2 rings (SSSR count). The Morgan fingerprint density at radius 1 is 1.47 bits per heavy atom. The van der Waals surface area contributed by atoms with Crippen molar-refractivity contribution in [3.05, 3.63) is 35.9 Å².